The Bertz CT molecular complexity index is 1240. The van der Waals surface area contributed by atoms with E-state index in [1.165, 1.54) is 18.6 Å². The van der Waals surface area contributed by atoms with Gasteiger partial charge < -0.3 is 25.4 Å². The van der Waals surface area contributed by atoms with Gasteiger partial charge in [-0.05, 0) is 24.6 Å². The van der Waals surface area contributed by atoms with Crippen LogP contribution in [0, 0.1) is 0 Å². The van der Waals surface area contributed by atoms with Crippen LogP contribution in [0.3, 0.4) is 0 Å². The lowest BCUT2D eigenvalue weighted by atomic mass is 10.0. The maximum absolute atomic E-state index is 12.3. The molecule has 0 fully saturated rings. The van der Waals surface area contributed by atoms with Crippen molar-refractivity contribution in [1.29, 1.82) is 0 Å². The van der Waals surface area contributed by atoms with Gasteiger partial charge in [-0.25, -0.2) is 9.97 Å². The van der Waals surface area contributed by atoms with E-state index in [1.54, 1.807) is 19.3 Å². The molecule has 176 valence electrons. The fourth-order valence-electron chi connectivity index (χ4n) is 3.51. The molecule has 0 saturated carbocycles. The predicted octanol–water partition coefficient (Wildman–Crippen LogP) is 3.27. The number of carbonyl (C=O) groups excluding carboxylic acids is 2. The third-order valence-corrected chi connectivity index (χ3v) is 5.59. The van der Waals surface area contributed by atoms with E-state index in [1.807, 2.05) is 18.2 Å². The number of halogens is 1. The fourth-order valence-corrected chi connectivity index (χ4v) is 3.74. The first-order valence-corrected chi connectivity index (χ1v) is 11.1. The zero-order chi connectivity index (χ0) is 23.9. The molecular formula is C24H24ClN5O4. The monoisotopic (exact) mass is 481 g/mol. The van der Waals surface area contributed by atoms with Crippen LogP contribution in [0.1, 0.15) is 19.3 Å². The molecule has 0 radical (unpaired) electrons. The normalized spacial score (nSPS) is 18.6. The molecular weight excluding hydrogens is 458 g/mol. The highest BCUT2D eigenvalue weighted by atomic mass is 35.5. The number of anilines is 1. The topological polar surface area (TPSA) is 114 Å². The van der Waals surface area contributed by atoms with Gasteiger partial charge in [0.1, 0.15) is 23.7 Å². The summed E-state index contributed by atoms with van der Waals surface area (Å²) in [6, 6.07) is 5.51. The fraction of sp³-hybridized carbons (Fsp3) is 0.250. The van der Waals surface area contributed by atoms with Crippen LogP contribution in [0.15, 0.2) is 71.0 Å². The first-order valence-electron chi connectivity index (χ1n) is 10.8. The van der Waals surface area contributed by atoms with Crippen LogP contribution in [0.4, 0.5) is 5.82 Å². The summed E-state index contributed by atoms with van der Waals surface area (Å²) in [4.78, 5) is 33.0. The maximum atomic E-state index is 12.3. The van der Waals surface area contributed by atoms with Crippen molar-refractivity contribution >= 4 is 40.1 Å². The standard InChI is InChI=1S/C24H24ClN5O4/c1-33-20-9-7-18(25)17-13-27-22(32)4-2-10-26-21(31)5-3-11-34-15-6-8-19-16(12-15)24(29-14-28-19)30-23(17)20/h2,4,6-8,12-14H,3,5,9-11H2,1H3,(H,26,31)(H,27,32)(H,28,29,30)/b4-2+,17-13?. The Hall–Kier alpha value is -3.85. The van der Waals surface area contributed by atoms with Crippen LogP contribution in [-0.2, 0) is 14.3 Å². The zero-order valence-electron chi connectivity index (χ0n) is 18.6. The van der Waals surface area contributed by atoms with Crippen LogP contribution in [0.5, 0.6) is 5.75 Å². The molecule has 0 saturated heterocycles. The average Bonchev–Trinajstić information content (AvgIpc) is 2.84. The molecule has 1 aromatic heterocycles. The summed E-state index contributed by atoms with van der Waals surface area (Å²) in [6.07, 6.45) is 9.03. The first kappa shape index (κ1) is 23.3. The van der Waals surface area contributed by atoms with Gasteiger partial charge in [0.15, 0.2) is 0 Å². The van der Waals surface area contributed by atoms with E-state index in [2.05, 4.69) is 25.9 Å². The molecule has 0 spiro atoms. The number of allylic oxidation sites excluding steroid dienone is 2. The zero-order valence-corrected chi connectivity index (χ0v) is 19.3. The molecule has 10 heteroatoms. The van der Waals surface area contributed by atoms with Gasteiger partial charge in [-0.15, -0.1) is 0 Å². The Balaban J connectivity index is 1.75. The Morgan fingerprint density at radius 1 is 1.21 bits per heavy atom. The summed E-state index contributed by atoms with van der Waals surface area (Å²) in [6.45, 7) is 0.620. The third kappa shape index (κ3) is 5.55. The molecule has 1 aliphatic carbocycles. The van der Waals surface area contributed by atoms with Crippen molar-refractivity contribution in [3.8, 4) is 5.75 Å². The number of nitrogens with one attached hydrogen (secondary N) is 3. The highest BCUT2D eigenvalue weighted by Crippen LogP contribution is 2.34. The van der Waals surface area contributed by atoms with Crippen LogP contribution in [-0.4, -0.2) is 42.0 Å². The number of carbonyl (C=O) groups is 2. The second-order valence-electron chi connectivity index (χ2n) is 7.51. The van der Waals surface area contributed by atoms with E-state index in [0.717, 1.165) is 10.9 Å². The number of hydrogen-bond donors (Lipinski definition) is 3. The van der Waals surface area contributed by atoms with Crippen molar-refractivity contribution in [1.82, 2.24) is 20.6 Å². The van der Waals surface area contributed by atoms with Gasteiger partial charge in [0, 0.05) is 47.7 Å². The van der Waals surface area contributed by atoms with Gasteiger partial charge in [0.2, 0.25) is 11.8 Å². The van der Waals surface area contributed by atoms with E-state index >= 15 is 0 Å². The lowest BCUT2D eigenvalue weighted by Gasteiger charge is -2.22. The molecule has 4 rings (SSSR count). The molecule has 9 nitrogen and oxygen atoms in total. The van der Waals surface area contributed by atoms with Gasteiger partial charge in [-0.3, -0.25) is 9.59 Å². The van der Waals surface area contributed by atoms with Crippen LogP contribution >= 0.6 is 11.6 Å². The van der Waals surface area contributed by atoms with Gasteiger partial charge >= 0.3 is 0 Å². The highest BCUT2D eigenvalue weighted by molar-refractivity contribution is 6.32. The molecule has 0 unspecified atom stereocenters. The smallest absolute Gasteiger partial charge is 0.247 e. The van der Waals surface area contributed by atoms with Crippen LogP contribution in [0.2, 0.25) is 0 Å². The van der Waals surface area contributed by atoms with E-state index in [0.29, 0.717) is 59.5 Å². The quantitative estimate of drug-likeness (QED) is 0.572. The third-order valence-electron chi connectivity index (χ3n) is 5.23. The first-order chi connectivity index (χ1) is 16.5. The molecule has 2 aliphatic rings. The van der Waals surface area contributed by atoms with Crippen LogP contribution < -0.4 is 20.7 Å². The Labute approximate surface area is 201 Å². The van der Waals surface area contributed by atoms with Crippen molar-refractivity contribution < 1.29 is 19.1 Å². The number of fused-ring (bicyclic) bond motifs is 2. The number of amides is 2. The highest BCUT2D eigenvalue weighted by Gasteiger charge is 2.22. The van der Waals surface area contributed by atoms with Crippen LogP contribution in [0.25, 0.3) is 10.9 Å². The Kier molecular flexibility index (Phi) is 7.44. The van der Waals surface area contributed by atoms with Gasteiger partial charge in [0.25, 0.3) is 0 Å². The van der Waals surface area contributed by atoms with E-state index in [4.69, 9.17) is 21.1 Å². The van der Waals surface area contributed by atoms with Gasteiger partial charge in [-0.2, -0.15) is 0 Å². The second-order valence-corrected chi connectivity index (χ2v) is 7.92. The average molecular weight is 482 g/mol. The van der Waals surface area contributed by atoms with E-state index < -0.39 is 0 Å². The number of benzene rings is 1. The summed E-state index contributed by atoms with van der Waals surface area (Å²) in [5.41, 5.74) is 1.84. The number of nitrogens with zero attached hydrogens (tertiary/aromatic N) is 2. The largest absolute Gasteiger partial charge is 0.499 e. The molecule has 2 amide bonds. The minimum atomic E-state index is -0.362. The summed E-state index contributed by atoms with van der Waals surface area (Å²) in [5, 5.41) is 9.95. The van der Waals surface area contributed by atoms with E-state index in [9.17, 15) is 9.59 Å². The molecule has 2 heterocycles. The molecule has 1 aromatic carbocycles. The lowest BCUT2D eigenvalue weighted by Crippen LogP contribution is -2.24. The lowest BCUT2D eigenvalue weighted by molar-refractivity contribution is -0.121. The minimum Gasteiger partial charge on any atom is -0.499 e. The summed E-state index contributed by atoms with van der Waals surface area (Å²) < 4.78 is 11.4. The molecule has 2 aromatic rings. The second kappa shape index (κ2) is 10.8. The molecule has 3 N–H and O–H groups in total. The number of rotatable bonds is 1. The molecule has 2 bridgehead atoms. The minimum absolute atomic E-state index is 0.118. The SMILES string of the molecule is COC1=C2Nc3ncnc4ccc(cc34)OCCCC(=O)NC/C=C/C(=O)NC=C2C(Cl)=CC1. The number of ether oxygens (including phenoxy) is 2. The van der Waals surface area contributed by atoms with Crippen molar-refractivity contribution in [3.63, 3.8) is 0 Å². The summed E-state index contributed by atoms with van der Waals surface area (Å²) in [5.74, 6) is 1.32. The van der Waals surface area contributed by atoms with Gasteiger partial charge in [0.05, 0.1) is 24.9 Å². The number of methoxy groups -OCH3 is 1. The van der Waals surface area contributed by atoms with E-state index in [-0.39, 0.29) is 18.4 Å². The molecule has 0 atom stereocenters. The predicted molar refractivity (Wildman–Crippen MR) is 129 cm³/mol. The van der Waals surface area contributed by atoms with Crippen molar-refractivity contribution in [2.24, 2.45) is 0 Å². The molecule has 34 heavy (non-hydrogen) atoms. The van der Waals surface area contributed by atoms with Crippen molar-refractivity contribution in [2.75, 3.05) is 25.6 Å². The maximum Gasteiger partial charge on any atom is 0.247 e. The number of aromatic nitrogens is 2. The van der Waals surface area contributed by atoms with Crippen molar-refractivity contribution in [3.05, 3.63) is 71.0 Å². The Morgan fingerprint density at radius 2 is 2.09 bits per heavy atom. The summed E-state index contributed by atoms with van der Waals surface area (Å²) >= 11 is 6.50. The molecule has 1 aliphatic heterocycles. The number of hydrogen-bond acceptors (Lipinski definition) is 7. The van der Waals surface area contributed by atoms with Gasteiger partial charge in [-0.1, -0.05) is 23.8 Å². The Morgan fingerprint density at radius 3 is 2.94 bits per heavy atom. The summed E-state index contributed by atoms with van der Waals surface area (Å²) in [7, 11) is 1.57. The van der Waals surface area contributed by atoms with Crippen molar-refractivity contribution in [2.45, 2.75) is 19.3 Å².